The molecule has 0 spiro atoms. The minimum atomic E-state index is -0.229. The van der Waals surface area contributed by atoms with Crippen LogP contribution in [0, 0.1) is 12.8 Å². The smallest absolute Gasteiger partial charge is 0.260 e. The van der Waals surface area contributed by atoms with E-state index in [-0.39, 0.29) is 17.7 Å². The molecule has 0 aliphatic carbocycles. The molecule has 2 rings (SSSR count). The number of carbonyl (C=O) groups excluding carboxylic acids is 2. The lowest BCUT2D eigenvalue weighted by Crippen LogP contribution is -2.40. The molecule has 5 nitrogen and oxygen atoms in total. The van der Waals surface area contributed by atoms with Crippen LogP contribution < -0.4 is 4.90 Å². The Hall–Kier alpha value is -1.95. The van der Waals surface area contributed by atoms with Gasteiger partial charge in [0.1, 0.15) is 0 Å². The fourth-order valence-corrected chi connectivity index (χ4v) is 4.70. The van der Waals surface area contributed by atoms with Crippen molar-refractivity contribution >= 4 is 34.4 Å². The van der Waals surface area contributed by atoms with E-state index >= 15 is 0 Å². The number of hydrogen-bond donors (Lipinski definition) is 0. The second-order valence-electron chi connectivity index (χ2n) is 8.06. The first-order valence-electron chi connectivity index (χ1n) is 10.7. The standard InChI is InChI=1S/C23H35N3O2S/c1-8-10-12-26(13-11-9-2)23-24-17(6)19(29-23)14-18-20(15(3)4)16(5)21(27)25(7)22(18)28/h14-15H,8-13H2,1-7H3. The highest BCUT2D eigenvalue weighted by atomic mass is 32.1. The highest BCUT2D eigenvalue weighted by Crippen LogP contribution is 2.35. The molecule has 160 valence electrons. The fourth-order valence-electron chi connectivity index (χ4n) is 3.64. The van der Waals surface area contributed by atoms with Gasteiger partial charge in [-0.1, -0.05) is 51.9 Å². The number of imide groups is 1. The normalized spacial score (nSPS) is 16.6. The van der Waals surface area contributed by atoms with Crippen molar-refractivity contribution in [1.29, 1.82) is 0 Å². The van der Waals surface area contributed by atoms with Crippen molar-refractivity contribution in [1.82, 2.24) is 9.88 Å². The number of amides is 2. The third-order valence-electron chi connectivity index (χ3n) is 5.36. The van der Waals surface area contributed by atoms with Gasteiger partial charge in [-0.2, -0.15) is 0 Å². The molecule has 0 saturated heterocycles. The van der Waals surface area contributed by atoms with E-state index in [0.29, 0.717) is 11.1 Å². The number of likely N-dealkylation sites (N-methyl/N-ethyl adjacent to an activating group) is 1. The summed E-state index contributed by atoms with van der Waals surface area (Å²) >= 11 is 1.64. The topological polar surface area (TPSA) is 53.5 Å². The van der Waals surface area contributed by atoms with Crippen LogP contribution in [-0.2, 0) is 9.59 Å². The molecule has 0 unspecified atom stereocenters. The average molecular weight is 418 g/mol. The van der Waals surface area contributed by atoms with Crippen LogP contribution in [0.3, 0.4) is 0 Å². The molecule has 2 amide bonds. The molecule has 1 aromatic heterocycles. The van der Waals surface area contributed by atoms with Crippen LogP contribution in [0.25, 0.3) is 6.08 Å². The lowest BCUT2D eigenvalue weighted by molar-refractivity contribution is -0.139. The minimum Gasteiger partial charge on any atom is -0.348 e. The zero-order valence-electron chi connectivity index (χ0n) is 19.0. The highest BCUT2D eigenvalue weighted by Gasteiger charge is 2.34. The summed E-state index contributed by atoms with van der Waals surface area (Å²) in [7, 11) is 1.56. The predicted molar refractivity (Wildman–Crippen MR) is 122 cm³/mol. The van der Waals surface area contributed by atoms with E-state index in [4.69, 9.17) is 4.98 Å². The van der Waals surface area contributed by atoms with Crippen molar-refractivity contribution in [3.8, 4) is 0 Å². The fraction of sp³-hybridized carbons (Fsp3) is 0.609. The minimum absolute atomic E-state index is 0.0983. The lowest BCUT2D eigenvalue weighted by Gasteiger charge is -2.28. The van der Waals surface area contributed by atoms with E-state index in [1.165, 1.54) is 4.90 Å². The van der Waals surface area contributed by atoms with Crippen molar-refractivity contribution in [3.63, 3.8) is 0 Å². The average Bonchev–Trinajstić information content (AvgIpc) is 3.04. The summed E-state index contributed by atoms with van der Waals surface area (Å²) in [5.74, 6) is -0.337. The van der Waals surface area contributed by atoms with Gasteiger partial charge in [0.25, 0.3) is 11.8 Å². The first-order chi connectivity index (χ1) is 13.7. The van der Waals surface area contributed by atoms with Gasteiger partial charge in [0.15, 0.2) is 5.13 Å². The van der Waals surface area contributed by atoms with Gasteiger partial charge in [0, 0.05) is 31.3 Å². The summed E-state index contributed by atoms with van der Waals surface area (Å²) in [6, 6.07) is 0. The molecule has 0 radical (unpaired) electrons. The summed E-state index contributed by atoms with van der Waals surface area (Å²) in [5.41, 5.74) is 3.06. The maximum Gasteiger partial charge on any atom is 0.260 e. The van der Waals surface area contributed by atoms with Gasteiger partial charge in [-0.3, -0.25) is 14.5 Å². The third kappa shape index (κ3) is 5.16. The molecule has 1 aromatic rings. The van der Waals surface area contributed by atoms with Crippen LogP contribution in [0.15, 0.2) is 16.7 Å². The molecule has 0 bridgehead atoms. The molecule has 2 heterocycles. The summed E-state index contributed by atoms with van der Waals surface area (Å²) in [6.07, 6.45) is 6.53. The number of rotatable bonds is 9. The molecule has 1 aliphatic rings. The number of hydrogen-bond acceptors (Lipinski definition) is 5. The number of thiazole rings is 1. The molecule has 0 saturated carbocycles. The Morgan fingerprint density at radius 2 is 1.66 bits per heavy atom. The summed E-state index contributed by atoms with van der Waals surface area (Å²) < 4.78 is 0. The van der Waals surface area contributed by atoms with Crippen molar-refractivity contribution in [3.05, 3.63) is 27.3 Å². The second kappa shape index (κ2) is 10.2. The van der Waals surface area contributed by atoms with E-state index in [1.54, 1.807) is 18.4 Å². The van der Waals surface area contributed by atoms with Crippen LogP contribution in [0.4, 0.5) is 5.13 Å². The van der Waals surface area contributed by atoms with Crippen molar-refractivity contribution in [2.75, 3.05) is 25.0 Å². The summed E-state index contributed by atoms with van der Waals surface area (Å²) in [4.78, 5) is 34.7. The first kappa shape index (κ1) is 23.3. The number of aryl methyl sites for hydroxylation is 1. The zero-order valence-corrected chi connectivity index (χ0v) is 19.8. The third-order valence-corrected chi connectivity index (χ3v) is 6.53. The molecule has 0 atom stereocenters. The van der Waals surface area contributed by atoms with Gasteiger partial charge in [-0.25, -0.2) is 4.98 Å². The van der Waals surface area contributed by atoms with Crippen LogP contribution in [-0.4, -0.2) is 41.8 Å². The van der Waals surface area contributed by atoms with E-state index < -0.39 is 0 Å². The van der Waals surface area contributed by atoms with Crippen LogP contribution in [0.5, 0.6) is 0 Å². The van der Waals surface area contributed by atoms with Gasteiger partial charge in [0.05, 0.1) is 10.6 Å². The van der Waals surface area contributed by atoms with Gasteiger partial charge in [-0.05, 0) is 44.3 Å². The Labute approximate surface area is 179 Å². The summed E-state index contributed by atoms with van der Waals surface area (Å²) in [5, 5.41) is 1.02. The molecular weight excluding hydrogens is 382 g/mol. The van der Waals surface area contributed by atoms with Crippen molar-refractivity contribution < 1.29 is 9.59 Å². The van der Waals surface area contributed by atoms with Gasteiger partial charge < -0.3 is 4.90 Å². The Morgan fingerprint density at radius 1 is 1.07 bits per heavy atom. The first-order valence-corrected chi connectivity index (χ1v) is 11.5. The maximum absolute atomic E-state index is 12.9. The van der Waals surface area contributed by atoms with Crippen molar-refractivity contribution in [2.45, 2.75) is 67.2 Å². The quantitative estimate of drug-likeness (QED) is 0.409. The molecule has 29 heavy (non-hydrogen) atoms. The van der Waals surface area contributed by atoms with Crippen LogP contribution in [0.2, 0.25) is 0 Å². The molecule has 1 aliphatic heterocycles. The number of unbranched alkanes of at least 4 members (excludes halogenated alkanes) is 2. The van der Waals surface area contributed by atoms with Gasteiger partial charge >= 0.3 is 0 Å². The van der Waals surface area contributed by atoms with Crippen LogP contribution in [0.1, 0.15) is 70.9 Å². The van der Waals surface area contributed by atoms with E-state index in [1.807, 2.05) is 33.8 Å². The Balaban J connectivity index is 2.47. The number of carbonyl (C=O) groups is 2. The molecule has 0 fully saturated rings. The molecule has 0 aromatic carbocycles. The lowest BCUT2D eigenvalue weighted by atomic mass is 9.86. The highest BCUT2D eigenvalue weighted by molar-refractivity contribution is 7.16. The van der Waals surface area contributed by atoms with E-state index in [0.717, 1.165) is 60.0 Å². The molecular formula is C23H35N3O2S. The number of nitrogens with zero attached hydrogens (tertiary/aromatic N) is 3. The second-order valence-corrected chi connectivity index (χ2v) is 9.07. The largest absolute Gasteiger partial charge is 0.348 e. The Bertz CT molecular complexity index is 812. The maximum atomic E-state index is 12.9. The van der Waals surface area contributed by atoms with Gasteiger partial charge in [-0.15, -0.1) is 0 Å². The van der Waals surface area contributed by atoms with Gasteiger partial charge in [0.2, 0.25) is 0 Å². The molecule has 0 N–H and O–H groups in total. The van der Waals surface area contributed by atoms with E-state index in [2.05, 4.69) is 18.7 Å². The van der Waals surface area contributed by atoms with E-state index in [9.17, 15) is 9.59 Å². The monoisotopic (exact) mass is 417 g/mol. The van der Waals surface area contributed by atoms with Crippen LogP contribution >= 0.6 is 11.3 Å². The predicted octanol–water partition coefficient (Wildman–Crippen LogP) is 5.21. The number of aromatic nitrogens is 1. The van der Waals surface area contributed by atoms with Crippen molar-refractivity contribution in [2.24, 2.45) is 5.92 Å². The molecule has 6 heteroatoms. The summed E-state index contributed by atoms with van der Waals surface area (Å²) in [6.45, 7) is 14.3. The number of anilines is 1. The Morgan fingerprint density at radius 3 is 2.17 bits per heavy atom. The Kier molecular flexibility index (Phi) is 8.20. The zero-order chi connectivity index (χ0) is 21.7. The SMILES string of the molecule is CCCCN(CCCC)c1nc(C)c(C=C2C(=O)N(C)C(=O)C(C)=C2C(C)C)s1.